The van der Waals surface area contributed by atoms with Crippen LogP contribution in [-0.2, 0) is 62.1 Å². The summed E-state index contributed by atoms with van der Waals surface area (Å²) < 4.78 is 81.4. The predicted molar refractivity (Wildman–Crippen MR) is 161 cm³/mol. The molecule has 1 N–H and O–H groups in total. The lowest BCUT2D eigenvalue weighted by Gasteiger charge is -2.43. The first kappa shape index (κ1) is 36.7. The highest BCUT2D eigenvalue weighted by molar-refractivity contribution is 5.68. The first-order valence-corrected chi connectivity index (χ1v) is 15.0. The molecule has 1 aromatic heterocycles. The van der Waals surface area contributed by atoms with Gasteiger partial charge >= 0.3 is 30.1 Å². The Hall–Kier alpha value is -5.12. The molecule has 0 amide bonds. The van der Waals surface area contributed by atoms with Crippen LogP contribution >= 0.6 is 0 Å². The summed E-state index contributed by atoms with van der Waals surface area (Å²) in [7, 11) is 0. The minimum atomic E-state index is -4.89. The molecule has 49 heavy (non-hydrogen) atoms. The molecule has 0 radical (unpaired) electrons. The Labute approximate surface area is 278 Å². The molecule has 13 nitrogen and oxygen atoms in total. The van der Waals surface area contributed by atoms with Gasteiger partial charge in [-0.05, 0) is 35.7 Å². The molecule has 0 aliphatic carbocycles. The van der Waals surface area contributed by atoms with Crippen molar-refractivity contribution in [3.05, 3.63) is 76.5 Å². The number of hydrogen-bond acceptors (Lipinski definition) is 12. The number of rotatable bonds is 12. The van der Waals surface area contributed by atoms with Crippen LogP contribution in [0, 0.1) is 6.92 Å². The van der Waals surface area contributed by atoms with E-state index in [1.54, 1.807) is 25.1 Å². The molecular formula is C33H35F3N2O11. The molecule has 0 spiro atoms. The van der Waals surface area contributed by atoms with E-state index in [0.29, 0.717) is 16.9 Å². The van der Waals surface area contributed by atoms with Gasteiger partial charge in [-0.25, -0.2) is 0 Å². The van der Waals surface area contributed by atoms with Gasteiger partial charge in [-0.1, -0.05) is 36.4 Å². The van der Waals surface area contributed by atoms with Gasteiger partial charge in [-0.3, -0.25) is 24.3 Å². The molecule has 16 heteroatoms. The van der Waals surface area contributed by atoms with Gasteiger partial charge in [0.1, 0.15) is 30.8 Å². The summed E-state index contributed by atoms with van der Waals surface area (Å²) in [5.41, 5.74) is 0.392. The fourth-order valence-corrected chi connectivity index (χ4v) is 5.13. The van der Waals surface area contributed by atoms with Gasteiger partial charge < -0.3 is 33.2 Å². The van der Waals surface area contributed by atoms with Crippen LogP contribution in [0.2, 0.25) is 0 Å². The van der Waals surface area contributed by atoms with E-state index in [-0.39, 0.29) is 13.0 Å². The standard InChI is InChI=1S/C33H35F3N2O11/c1-17-13-24(44-15-22-9-7-6-8-10-22)12-11-23(17)14-25-30(33(34,35)36)37-38-31(25)49-32-29(47-21(5)42)28(46-20(4)41)27(45-19(3)40)26(48-32)16-43-18(2)39/h6-13,26-29,32H,14-16H2,1-5H3,(H,37,38)/t26-,27+,28+,29-,32?/m1/s1. The molecule has 1 aliphatic heterocycles. The van der Waals surface area contributed by atoms with E-state index in [4.69, 9.17) is 33.2 Å². The number of ether oxygens (including phenoxy) is 7. The van der Waals surface area contributed by atoms with Crippen molar-refractivity contribution in [3.63, 3.8) is 0 Å². The minimum absolute atomic E-state index is 0.285. The Kier molecular flexibility index (Phi) is 11.9. The topological polar surface area (TPSA) is 162 Å². The molecule has 5 atom stereocenters. The third kappa shape index (κ3) is 9.95. The SMILES string of the molecule is CC(=O)OC[C@H]1OC(Oc2n[nH]c(C(F)(F)F)c2Cc2ccc(OCc3ccccc3)cc2C)[C@H](OC(C)=O)[C@@H](OC(C)=O)[C@H]1OC(C)=O. The van der Waals surface area contributed by atoms with E-state index in [2.05, 4.69) is 5.10 Å². The number of esters is 4. The highest BCUT2D eigenvalue weighted by atomic mass is 19.4. The highest BCUT2D eigenvalue weighted by Gasteiger charge is 2.54. The number of aryl methyl sites for hydroxylation is 1. The Balaban J connectivity index is 1.69. The van der Waals surface area contributed by atoms with Crippen molar-refractivity contribution in [1.82, 2.24) is 10.2 Å². The van der Waals surface area contributed by atoms with E-state index in [0.717, 1.165) is 33.3 Å². The van der Waals surface area contributed by atoms with Crippen LogP contribution < -0.4 is 9.47 Å². The zero-order chi connectivity index (χ0) is 35.9. The van der Waals surface area contributed by atoms with Crippen molar-refractivity contribution < 1.29 is 65.5 Å². The van der Waals surface area contributed by atoms with E-state index in [1.807, 2.05) is 35.4 Å². The molecule has 1 unspecified atom stereocenters. The number of halogens is 3. The number of hydrogen-bond donors (Lipinski definition) is 1. The van der Waals surface area contributed by atoms with Crippen LogP contribution in [-0.4, -0.2) is 71.4 Å². The number of aromatic nitrogens is 2. The maximum absolute atomic E-state index is 14.2. The van der Waals surface area contributed by atoms with Crippen LogP contribution in [0.4, 0.5) is 13.2 Å². The smallest absolute Gasteiger partial charge is 0.433 e. The van der Waals surface area contributed by atoms with E-state index in [9.17, 15) is 32.3 Å². The number of carbonyl (C=O) groups is 4. The fraction of sp³-hybridized carbons (Fsp3) is 0.424. The molecule has 2 aromatic carbocycles. The van der Waals surface area contributed by atoms with Gasteiger partial charge in [0.15, 0.2) is 12.2 Å². The lowest BCUT2D eigenvalue weighted by Crippen LogP contribution is -2.63. The third-order valence-corrected chi connectivity index (χ3v) is 7.22. The van der Waals surface area contributed by atoms with Gasteiger partial charge in [0.05, 0.1) is 5.56 Å². The average molecular weight is 693 g/mol. The largest absolute Gasteiger partial charge is 0.489 e. The summed E-state index contributed by atoms with van der Waals surface area (Å²) in [6.45, 7) is 5.63. The summed E-state index contributed by atoms with van der Waals surface area (Å²) >= 11 is 0. The number of aromatic amines is 1. The van der Waals surface area contributed by atoms with Gasteiger partial charge in [0.2, 0.25) is 18.3 Å². The van der Waals surface area contributed by atoms with Gasteiger partial charge in [0, 0.05) is 34.1 Å². The summed E-state index contributed by atoms with van der Waals surface area (Å²) in [5.74, 6) is -3.47. The monoisotopic (exact) mass is 692 g/mol. The first-order chi connectivity index (χ1) is 23.1. The first-order valence-electron chi connectivity index (χ1n) is 15.0. The minimum Gasteiger partial charge on any atom is -0.489 e. The Morgan fingerprint density at radius 3 is 2.08 bits per heavy atom. The van der Waals surface area contributed by atoms with E-state index < -0.39 is 84.5 Å². The van der Waals surface area contributed by atoms with Crippen molar-refractivity contribution in [2.45, 2.75) is 84.5 Å². The number of benzene rings is 2. The molecule has 264 valence electrons. The average Bonchev–Trinajstić information content (AvgIpc) is 3.41. The maximum Gasteiger partial charge on any atom is 0.433 e. The van der Waals surface area contributed by atoms with Crippen LogP contribution in [0.15, 0.2) is 48.5 Å². The molecule has 1 fully saturated rings. The molecule has 1 saturated heterocycles. The van der Waals surface area contributed by atoms with Gasteiger partial charge in [-0.2, -0.15) is 13.2 Å². The van der Waals surface area contributed by atoms with Gasteiger partial charge in [0.25, 0.3) is 0 Å². The molecule has 4 rings (SSSR count). The number of nitrogens with zero attached hydrogens (tertiary/aromatic N) is 1. The summed E-state index contributed by atoms with van der Waals surface area (Å²) in [6.07, 6.45) is -13.2. The van der Waals surface area contributed by atoms with Crippen molar-refractivity contribution in [3.8, 4) is 11.6 Å². The second-order valence-corrected chi connectivity index (χ2v) is 11.1. The van der Waals surface area contributed by atoms with Crippen molar-refractivity contribution in [2.24, 2.45) is 0 Å². The summed E-state index contributed by atoms with van der Waals surface area (Å²) in [6, 6.07) is 14.3. The van der Waals surface area contributed by atoms with Crippen LogP contribution in [0.25, 0.3) is 0 Å². The number of alkyl halides is 3. The van der Waals surface area contributed by atoms with Crippen LogP contribution in [0.3, 0.4) is 0 Å². The van der Waals surface area contributed by atoms with Crippen molar-refractivity contribution in [2.75, 3.05) is 6.61 Å². The molecular weight excluding hydrogens is 657 g/mol. The molecule has 0 saturated carbocycles. The lowest BCUT2D eigenvalue weighted by atomic mass is 9.98. The molecule has 0 bridgehead atoms. The second-order valence-electron chi connectivity index (χ2n) is 11.1. The normalized spacial score (nSPS) is 20.5. The highest BCUT2D eigenvalue weighted by Crippen LogP contribution is 2.38. The number of carbonyl (C=O) groups excluding carboxylic acids is 4. The van der Waals surface area contributed by atoms with Crippen LogP contribution in [0.5, 0.6) is 11.6 Å². The van der Waals surface area contributed by atoms with E-state index in [1.165, 1.54) is 0 Å². The molecule has 2 heterocycles. The van der Waals surface area contributed by atoms with Crippen molar-refractivity contribution >= 4 is 23.9 Å². The number of H-pyrrole nitrogens is 1. The Bertz CT molecular complexity index is 1640. The molecule has 1 aliphatic rings. The van der Waals surface area contributed by atoms with Crippen molar-refractivity contribution in [1.29, 1.82) is 0 Å². The third-order valence-electron chi connectivity index (χ3n) is 7.22. The zero-order valence-corrected chi connectivity index (χ0v) is 27.2. The lowest BCUT2D eigenvalue weighted by molar-refractivity contribution is -0.289. The fourth-order valence-electron chi connectivity index (χ4n) is 5.13. The zero-order valence-electron chi connectivity index (χ0n) is 27.2. The maximum atomic E-state index is 14.2. The summed E-state index contributed by atoms with van der Waals surface area (Å²) in [4.78, 5) is 47.9. The van der Waals surface area contributed by atoms with Crippen LogP contribution in [0.1, 0.15) is 55.6 Å². The number of nitrogens with one attached hydrogen (secondary N) is 1. The quantitative estimate of drug-likeness (QED) is 0.211. The second kappa shape index (κ2) is 15.9. The van der Waals surface area contributed by atoms with E-state index >= 15 is 0 Å². The van der Waals surface area contributed by atoms with Gasteiger partial charge in [-0.15, -0.1) is 5.10 Å². The summed E-state index contributed by atoms with van der Waals surface area (Å²) in [5, 5.41) is 5.73. The Morgan fingerprint density at radius 2 is 1.49 bits per heavy atom. The predicted octanol–water partition coefficient (Wildman–Crippen LogP) is 4.37. The molecule has 3 aromatic rings. The Morgan fingerprint density at radius 1 is 0.857 bits per heavy atom.